The number of aromatic nitrogens is 2. The molecule has 1 N–H and O–H groups in total. The maximum Gasteiger partial charge on any atom is 0.410 e. The smallest absolute Gasteiger partial charge is 0.410 e. The van der Waals surface area contributed by atoms with Gasteiger partial charge < -0.3 is 19.9 Å². The molecule has 2 aliphatic rings. The molecule has 0 atom stereocenters. The Morgan fingerprint density at radius 1 is 1.07 bits per heavy atom. The van der Waals surface area contributed by atoms with Crippen molar-refractivity contribution in [2.24, 2.45) is 0 Å². The first-order chi connectivity index (χ1) is 14.5. The summed E-state index contributed by atoms with van der Waals surface area (Å²) in [5.74, 6) is 1.35. The van der Waals surface area contributed by atoms with Gasteiger partial charge in [0.05, 0.1) is 6.54 Å². The Hall–Kier alpha value is -3.36. The van der Waals surface area contributed by atoms with Crippen LogP contribution < -0.4 is 10.2 Å². The van der Waals surface area contributed by atoms with Crippen LogP contribution in [0.2, 0.25) is 0 Å². The summed E-state index contributed by atoms with van der Waals surface area (Å²) in [6, 6.07) is 10.0. The van der Waals surface area contributed by atoms with Gasteiger partial charge in [-0.25, -0.2) is 9.78 Å². The molecule has 30 heavy (non-hydrogen) atoms. The van der Waals surface area contributed by atoms with E-state index in [1.807, 2.05) is 44.2 Å². The molecule has 0 aliphatic carbocycles. The van der Waals surface area contributed by atoms with Gasteiger partial charge in [-0.1, -0.05) is 17.7 Å². The van der Waals surface area contributed by atoms with Gasteiger partial charge in [-0.15, -0.1) is 0 Å². The third-order valence-electron chi connectivity index (χ3n) is 5.28. The van der Waals surface area contributed by atoms with Crippen molar-refractivity contribution in [3.8, 4) is 0 Å². The third-order valence-corrected chi connectivity index (χ3v) is 5.28. The fourth-order valence-corrected chi connectivity index (χ4v) is 3.55. The van der Waals surface area contributed by atoms with Crippen LogP contribution in [0, 0.1) is 13.8 Å². The minimum atomic E-state index is -0.410. The number of anilines is 3. The highest BCUT2D eigenvalue weighted by atomic mass is 16.6. The van der Waals surface area contributed by atoms with E-state index < -0.39 is 6.09 Å². The molecule has 2 amide bonds. The quantitative estimate of drug-likeness (QED) is 0.805. The SMILES string of the molecule is Cc1ccc(Nc2nc(C)cc(N3CCN(C(=O)CN4CCOC4=O)CC3)n2)cc1. The molecule has 2 fully saturated rings. The third kappa shape index (κ3) is 4.61. The zero-order chi connectivity index (χ0) is 21.1. The predicted molar refractivity (Wildman–Crippen MR) is 113 cm³/mol. The van der Waals surface area contributed by atoms with Crippen molar-refractivity contribution >= 4 is 29.5 Å². The van der Waals surface area contributed by atoms with Gasteiger partial charge in [-0.3, -0.25) is 9.69 Å². The highest BCUT2D eigenvalue weighted by Gasteiger charge is 2.28. The van der Waals surface area contributed by atoms with Crippen LogP contribution in [0.15, 0.2) is 30.3 Å². The lowest BCUT2D eigenvalue weighted by Gasteiger charge is -2.36. The highest BCUT2D eigenvalue weighted by molar-refractivity contribution is 5.83. The van der Waals surface area contributed by atoms with Crippen molar-refractivity contribution in [2.75, 3.05) is 56.1 Å². The molecule has 1 aromatic heterocycles. The minimum absolute atomic E-state index is 0.0471. The van der Waals surface area contributed by atoms with E-state index in [0.29, 0.717) is 45.3 Å². The van der Waals surface area contributed by atoms with E-state index in [9.17, 15) is 9.59 Å². The van der Waals surface area contributed by atoms with Crippen molar-refractivity contribution < 1.29 is 14.3 Å². The fraction of sp³-hybridized carbons (Fsp3) is 0.429. The van der Waals surface area contributed by atoms with Crippen LogP contribution >= 0.6 is 0 Å². The van der Waals surface area contributed by atoms with Gasteiger partial charge >= 0.3 is 6.09 Å². The Morgan fingerprint density at radius 2 is 1.80 bits per heavy atom. The Balaban J connectivity index is 1.37. The number of hydrogen-bond acceptors (Lipinski definition) is 7. The molecular formula is C21H26N6O3. The largest absolute Gasteiger partial charge is 0.448 e. The van der Waals surface area contributed by atoms with Crippen molar-refractivity contribution in [1.82, 2.24) is 19.8 Å². The molecule has 2 saturated heterocycles. The van der Waals surface area contributed by atoms with E-state index in [2.05, 4.69) is 20.2 Å². The number of ether oxygens (including phenoxy) is 1. The Bertz CT molecular complexity index is 925. The lowest BCUT2D eigenvalue weighted by atomic mass is 10.2. The molecule has 0 unspecified atom stereocenters. The number of carbonyl (C=O) groups excluding carboxylic acids is 2. The van der Waals surface area contributed by atoms with Crippen molar-refractivity contribution in [3.63, 3.8) is 0 Å². The van der Waals surface area contributed by atoms with Crippen LogP contribution in [-0.2, 0) is 9.53 Å². The molecule has 158 valence electrons. The topological polar surface area (TPSA) is 90.9 Å². The Labute approximate surface area is 175 Å². The van der Waals surface area contributed by atoms with Crippen LogP contribution in [0.3, 0.4) is 0 Å². The Morgan fingerprint density at radius 3 is 2.47 bits per heavy atom. The summed E-state index contributed by atoms with van der Waals surface area (Å²) in [4.78, 5) is 38.6. The lowest BCUT2D eigenvalue weighted by molar-refractivity contribution is -0.132. The standard InChI is InChI=1S/C21H26N6O3/c1-15-3-5-17(6-4-15)23-20-22-16(2)13-18(24-20)25-7-9-26(10-8-25)19(28)14-27-11-12-30-21(27)29/h3-6,13H,7-12,14H2,1-2H3,(H,22,23,24). The molecule has 2 aliphatic heterocycles. The number of amides is 2. The number of nitrogens with zero attached hydrogens (tertiary/aromatic N) is 5. The van der Waals surface area contributed by atoms with Gasteiger partial charge in [0.1, 0.15) is 19.0 Å². The van der Waals surface area contributed by atoms with E-state index in [4.69, 9.17) is 4.74 Å². The normalized spacial score (nSPS) is 16.6. The Kier molecular flexibility index (Phi) is 5.69. The zero-order valence-electron chi connectivity index (χ0n) is 17.3. The number of rotatable bonds is 5. The molecule has 9 heteroatoms. The van der Waals surface area contributed by atoms with Crippen molar-refractivity contribution in [3.05, 3.63) is 41.6 Å². The van der Waals surface area contributed by atoms with Gasteiger partial charge in [0.2, 0.25) is 11.9 Å². The first-order valence-electron chi connectivity index (χ1n) is 10.1. The molecule has 1 aromatic carbocycles. The maximum absolute atomic E-state index is 12.5. The second kappa shape index (κ2) is 8.56. The second-order valence-electron chi connectivity index (χ2n) is 7.59. The van der Waals surface area contributed by atoms with Gasteiger partial charge in [0, 0.05) is 43.6 Å². The van der Waals surface area contributed by atoms with E-state index in [1.54, 1.807) is 4.90 Å². The van der Waals surface area contributed by atoms with Crippen LogP contribution in [0.5, 0.6) is 0 Å². The molecule has 0 radical (unpaired) electrons. The second-order valence-corrected chi connectivity index (χ2v) is 7.59. The van der Waals surface area contributed by atoms with Crippen LogP contribution in [-0.4, -0.2) is 77.6 Å². The summed E-state index contributed by atoms with van der Waals surface area (Å²) < 4.78 is 4.89. The number of piperazine rings is 1. The maximum atomic E-state index is 12.5. The van der Waals surface area contributed by atoms with Crippen LogP contribution in [0.4, 0.5) is 22.2 Å². The average Bonchev–Trinajstić information content (AvgIpc) is 3.14. The summed E-state index contributed by atoms with van der Waals surface area (Å²) in [5, 5.41) is 3.26. The van der Waals surface area contributed by atoms with Crippen LogP contribution in [0.1, 0.15) is 11.3 Å². The average molecular weight is 410 g/mol. The van der Waals surface area contributed by atoms with Crippen molar-refractivity contribution in [2.45, 2.75) is 13.8 Å². The monoisotopic (exact) mass is 410 g/mol. The first-order valence-corrected chi connectivity index (χ1v) is 10.1. The predicted octanol–water partition coefficient (Wildman–Crippen LogP) is 1.94. The number of aryl methyl sites for hydroxylation is 2. The van der Waals surface area contributed by atoms with Gasteiger partial charge in [-0.05, 0) is 26.0 Å². The number of hydrogen-bond donors (Lipinski definition) is 1. The van der Waals surface area contributed by atoms with E-state index in [0.717, 1.165) is 17.2 Å². The molecule has 0 saturated carbocycles. The molecule has 4 rings (SSSR count). The van der Waals surface area contributed by atoms with Gasteiger partial charge in [0.15, 0.2) is 0 Å². The van der Waals surface area contributed by atoms with Gasteiger partial charge in [-0.2, -0.15) is 4.98 Å². The van der Waals surface area contributed by atoms with Gasteiger partial charge in [0.25, 0.3) is 0 Å². The molecule has 0 bridgehead atoms. The molecule has 0 spiro atoms. The summed E-state index contributed by atoms with van der Waals surface area (Å²) >= 11 is 0. The molecule has 2 aromatic rings. The molecule has 3 heterocycles. The fourth-order valence-electron chi connectivity index (χ4n) is 3.55. The first kappa shape index (κ1) is 19.9. The van der Waals surface area contributed by atoms with E-state index in [1.165, 1.54) is 10.5 Å². The lowest BCUT2D eigenvalue weighted by Crippen LogP contribution is -2.51. The highest BCUT2D eigenvalue weighted by Crippen LogP contribution is 2.20. The summed E-state index contributed by atoms with van der Waals surface area (Å²) in [7, 11) is 0. The van der Waals surface area contributed by atoms with E-state index in [-0.39, 0.29) is 12.5 Å². The summed E-state index contributed by atoms with van der Waals surface area (Å²) in [5.41, 5.74) is 3.01. The zero-order valence-corrected chi connectivity index (χ0v) is 17.3. The summed E-state index contributed by atoms with van der Waals surface area (Å²) in [6.45, 7) is 7.43. The number of cyclic esters (lactones) is 1. The minimum Gasteiger partial charge on any atom is -0.448 e. The number of benzene rings is 1. The number of carbonyl (C=O) groups is 2. The van der Waals surface area contributed by atoms with Crippen molar-refractivity contribution in [1.29, 1.82) is 0 Å². The number of nitrogens with one attached hydrogen (secondary N) is 1. The summed E-state index contributed by atoms with van der Waals surface area (Å²) in [6.07, 6.45) is -0.410. The van der Waals surface area contributed by atoms with Crippen LogP contribution in [0.25, 0.3) is 0 Å². The molecule has 9 nitrogen and oxygen atoms in total. The van der Waals surface area contributed by atoms with E-state index >= 15 is 0 Å². The molecular weight excluding hydrogens is 384 g/mol.